The number of carbonyl (C=O) groups is 1. The van der Waals surface area contributed by atoms with Gasteiger partial charge in [0, 0.05) is 18.3 Å². The molecule has 0 saturated heterocycles. The number of aromatic nitrogens is 3. The minimum atomic E-state index is -4.41. The van der Waals surface area contributed by atoms with Crippen molar-refractivity contribution in [2.75, 3.05) is 6.54 Å². The van der Waals surface area contributed by atoms with Crippen molar-refractivity contribution in [2.45, 2.75) is 12.6 Å². The fourth-order valence-corrected chi connectivity index (χ4v) is 3.16. The molecule has 0 aliphatic carbocycles. The Hall–Kier alpha value is -3.75. The lowest BCUT2D eigenvalue weighted by Crippen LogP contribution is -2.26. The van der Waals surface area contributed by atoms with E-state index in [1.807, 2.05) is 0 Å². The summed E-state index contributed by atoms with van der Waals surface area (Å²) in [6.07, 6.45) is -2.72. The van der Waals surface area contributed by atoms with Crippen molar-refractivity contribution in [1.82, 2.24) is 20.3 Å². The van der Waals surface area contributed by atoms with Crippen LogP contribution in [0.1, 0.15) is 21.5 Å². The number of halogens is 4. The Morgan fingerprint density at radius 3 is 2.58 bits per heavy atom. The Kier molecular flexibility index (Phi) is 5.41. The van der Waals surface area contributed by atoms with Crippen LogP contribution in [0.4, 0.5) is 17.6 Å². The van der Waals surface area contributed by atoms with Crippen LogP contribution in [-0.4, -0.2) is 27.4 Å². The van der Waals surface area contributed by atoms with Gasteiger partial charge in [0.1, 0.15) is 17.2 Å². The molecule has 9 heteroatoms. The van der Waals surface area contributed by atoms with E-state index in [-0.39, 0.29) is 24.3 Å². The summed E-state index contributed by atoms with van der Waals surface area (Å²) in [7, 11) is 0. The maximum Gasteiger partial charge on any atom is 0.416 e. The van der Waals surface area contributed by atoms with Crippen LogP contribution in [0.25, 0.3) is 22.6 Å². The molecule has 31 heavy (non-hydrogen) atoms. The van der Waals surface area contributed by atoms with E-state index >= 15 is 0 Å². The third kappa shape index (κ3) is 4.55. The van der Waals surface area contributed by atoms with Crippen molar-refractivity contribution in [3.05, 3.63) is 83.3 Å². The molecule has 2 aromatic heterocycles. The molecular formula is C22H16F4N4O. The fourth-order valence-electron chi connectivity index (χ4n) is 3.16. The van der Waals surface area contributed by atoms with Gasteiger partial charge < -0.3 is 10.3 Å². The quantitative estimate of drug-likeness (QED) is 0.451. The van der Waals surface area contributed by atoms with Gasteiger partial charge in [-0.25, -0.2) is 14.4 Å². The fraction of sp³-hybridized carbons (Fsp3) is 0.136. The van der Waals surface area contributed by atoms with Crippen LogP contribution in [0.5, 0.6) is 0 Å². The number of rotatable bonds is 5. The van der Waals surface area contributed by atoms with Crippen LogP contribution in [0.15, 0.2) is 60.8 Å². The lowest BCUT2D eigenvalue weighted by atomic mass is 10.1. The molecule has 0 bridgehead atoms. The molecule has 5 nitrogen and oxygen atoms in total. The van der Waals surface area contributed by atoms with Crippen molar-refractivity contribution in [3.63, 3.8) is 0 Å². The van der Waals surface area contributed by atoms with Crippen LogP contribution in [0.2, 0.25) is 0 Å². The number of nitrogens with zero attached hydrogens (tertiary/aromatic N) is 2. The number of fused-ring (bicyclic) bond motifs is 1. The number of benzene rings is 2. The molecular weight excluding hydrogens is 412 g/mol. The standard InChI is InChI=1S/C22H16F4N4O/c23-16-6-4-14(5-7-16)19-29-18-17(9-11-27-20(18)30-19)21(31)28-10-8-13-2-1-3-15(12-13)22(24,25)26/h1-7,9,11-12H,8,10H2,(H,28,31)(H,27,29,30). The Balaban J connectivity index is 1.49. The minimum Gasteiger partial charge on any atom is -0.352 e. The molecule has 1 amide bonds. The predicted octanol–water partition coefficient (Wildman–Crippen LogP) is 4.76. The topological polar surface area (TPSA) is 70.7 Å². The second-order valence-corrected chi connectivity index (χ2v) is 6.85. The Bertz CT molecular complexity index is 1230. The number of H-pyrrole nitrogens is 1. The van der Waals surface area contributed by atoms with Crippen molar-refractivity contribution in [2.24, 2.45) is 0 Å². The highest BCUT2D eigenvalue weighted by Gasteiger charge is 2.30. The number of amides is 1. The van der Waals surface area contributed by atoms with Crippen molar-refractivity contribution < 1.29 is 22.4 Å². The van der Waals surface area contributed by atoms with E-state index in [1.54, 1.807) is 18.2 Å². The molecule has 2 aromatic carbocycles. The van der Waals surface area contributed by atoms with Gasteiger partial charge in [-0.15, -0.1) is 0 Å². The summed E-state index contributed by atoms with van der Waals surface area (Å²) in [6.45, 7) is 0.152. The van der Waals surface area contributed by atoms with E-state index in [4.69, 9.17) is 0 Å². The van der Waals surface area contributed by atoms with Crippen molar-refractivity contribution in [3.8, 4) is 11.4 Å². The summed E-state index contributed by atoms with van der Waals surface area (Å²) in [5, 5.41) is 2.70. The van der Waals surface area contributed by atoms with Gasteiger partial charge >= 0.3 is 6.18 Å². The molecule has 0 spiro atoms. The number of carbonyl (C=O) groups excluding carboxylic acids is 1. The lowest BCUT2D eigenvalue weighted by Gasteiger charge is -2.09. The predicted molar refractivity (Wildman–Crippen MR) is 107 cm³/mol. The second kappa shape index (κ2) is 8.17. The van der Waals surface area contributed by atoms with Gasteiger partial charge in [0.15, 0.2) is 5.65 Å². The van der Waals surface area contributed by atoms with E-state index in [9.17, 15) is 22.4 Å². The first-order valence-corrected chi connectivity index (χ1v) is 9.36. The van der Waals surface area contributed by atoms with E-state index < -0.39 is 17.6 Å². The molecule has 0 fully saturated rings. The van der Waals surface area contributed by atoms with E-state index in [0.29, 0.717) is 28.1 Å². The first kappa shape index (κ1) is 20.5. The minimum absolute atomic E-state index is 0.152. The molecule has 4 aromatic rings. The number of aromatic amines is 1. The highest BCUT2D eigenvalue weighted by molar-refractivity contribution is 6.04. The van der Waals surface area contributed by atoms with Crippen molar-refractivity contribution >= 4 is 17.1 Å². The van der Waals surface area contributed by atoms with Gasteiger partial charge in [-0.1, -0.05) is 18.2 Å². The third-order valence-corrected chi connectivity index (χ3v) is 4.70. The van der Waals surface area contributed by atoms with Gasteiger partial charge in [0.05, 0.1) is 11.1 Å². The lowest BCUT2D eigenvalue weighted by molar-refractivity contribution is -0.137. The van der Waals surface area contributed by atoms with E-state index in [0.717, 1.165) is 12.1 Å². The first-order chi connectivity index (χ1) is 14.8. The summed E-state index contributed by atoms with van der Waals surface area (Å²) in [5.74, 6) is -0.359. The number of hydrogen-bond acceptors (Lipinski definition) is 3. The maximum absolute atomic E-state index is 13.1. The zero-order valence-electron chi connectivity index (χ0n) is 16.0. The molecule has 0 unspecified atom stereocenters. The van der Waals surface area contributed by atoms with Gasteiger partial charge in [-0.2, -0.15) is 13.2 Å². The maximum atomic E-state index is 13.1. The summed E-state index contributed by atoms with van der Waals surface area (Å²) >= 11 is 0. The Morgan fingerprint density at radius 2 is 1.84 bits per heavy atom. The summed E-state index contributed by atoms with van der Waals surface area (Å²) in [4.78, 5) is 24.2. The number of nitrogens with one attached hydrogen (secondary N) is 2. The van der Waals surface area contributed by atoms with E-state index in [2.05, 4.69) is 20.3 Å². The molecule has 0 aliphatic heterocycles. The van der Waals surface area contributed by atoms with Gasteiger partial charge in [0.2, 0.25) is 0 Å². The van der Waals surface area contributed by atoms with Crippen LogP contribution in [0.3, 0.4) is 0 Å². The van der Waals surface area contributed by atoms with Gasteiger partial charge in [-0.3, -0.25) is 4.79 Å². The van der Waals surface area contributed by atoms with Crippen LogP contribution in [0, 0.1) is 5.82 Å². The largest absolute Gasteiger partial charge is 0.416 e. The highest BCUT2D eigenvalue weighted by Crippen LogP contribution is 2.29. The Morgan fingerprint density at radius 1 is 1.06 bits per heavy atom. The average molecular weight is 428 g/mol. The highest BCUT2D eigenvalue weighted by atomic mass is 19.4. The molecule has 158 valence electrons. The van der Waals surface area contributed by atoms with Crippen LogP contribution in [-0.2, 0) is 12.6 Å². The first-order valence-electron chi connectivity index (χ1n) is 9.36. The van der Waals surface area contributed by atoms with E-state index in [1.165, 1.54) is 30.5 Å². The molecule has 2 heterocycles. The van der Waals surface area contributed by atoms with Gasteiger partial charge in [-0.05, 0) is 48.4 Å². The van der Waals surface area contributed by atoms with Crippen LogP contribution >= 0.6 is 0 Å². The molecule has 0 saturated carbocycles. The SMILES string of the molecule is O=C(NCCc1cccc(C(F)(F)F)c1)c1ccnc2[nH]c(-c3ccc(F)cc3)nc12. The Labute approximate surface area is 174 Å². The number of alkyl halides is 3. The van der Waals surface area contributed by atoms with Crippen LogP contribution < -0.4 is 5.32 Å². The number of pyridine rings is 1. The second-order valence-electron chi connectivity index (χ2n) is 6.85. The zero-order valence-corrected chi connectivity index (χ0v) is 16.0. The monoisotopic (exact) mass is 428 g/mol. The zero-order chi connectivity index (χ0) is 22.0. The molecule has 0 radical (unpaired) electrons. The third-order valence-electron chi connectivity index (χ3n) is 4.70. The average Bonchev–Trinajstić information content (AvgIpc) is 3.18. The molecule has 0 atom stereocenters. The number of imidazole rings is 1. The summed E-state index contributed by atoms with van der Waals surface area (Å²) in [6, 6.07) is 12.2. The summed E-state index contributed by atoms with van der Waals surface area (Å²) in [5.41, 5.74) is 1.39. The smallest absolute Gasteiger partial charge is 0.352 e. The molecule has 4 rings (SSSR count). The summed E-state index contributed by atoms with van der Waals surface area (Å²) < 4.78 is 51.6. The van der Waals surface area contributed by atoms with Gasteiger partial charge in [0.25, 0.3) is 5.91 Å². The molecule has 0 aliphatic rings. The van der Waals surface area contributed by atoms with Crippen molar-refractivity contribution in [1.29, 1.82) is 0 Å². The normalized spacial score (nSPS) is 11.6. The molecule has 2 N–H and O–H groups in total. The number of hydrogen-bond donors (Lipinski definition) is 2.